The molecule has 3 atom stereocenters. The summed E-state index contributed by atoms with van der Waals surface area (Å²) < 4.78 is 0. The maximum absolute atomic E-state index is 12.0. The van der Waals surface area contributed by atoms with Crippen molar-refractivity contribution < 1.29 is 49.5 Å². The van der Waals surface area contributed by atoms with Crippen molar-refractivity contribution in [1.29, 1.82) is 0 Å². The summed E-state index contributed by atoms with van der Waals surface area (Å²) in [6.45, 7) is 3.44. The van der Waals surface area contributed by atoms with Crippen LogP contribution in [0.15, 0.2) is 24.3 Å². The zero-order valence-electron chi connectivity index (χ0n) is 24.4. The standard InChI is InChI=1S/C29H43N3O10/c1-29(2,3)20-10-8-19(9-11-20)12-21(30(14-24(33)34)15-25(35)36)13-31(16-26(37)38)22-6-4-5-7-23(22)32(17-27(39)40)18-28(41)42/h8-11,21-23H,4-7,12-18H2,1-3H3,(H,33,34)(H,35,36)(H,37,38)(H,39,40)(H,41,42). The Hall–Kier alpha value is -3.55. The first-order valence-electron chi connectivity index (χ1n) is 14.0. The minimum absolute atomic E-state index is 0.0248. The van der Waals surface area contributed by atoms with Gasteiger partial charge in [-0.2, -0.15) is 0 Å². The maximum atomic E-state index is 12.0. The van der Waals surface area contributed by atoms with Crippen LogP contribution < -0.4 is 0 Å². The van der Waals surface area contributed by atoms with Gasteiger partial charge in [-0.25, -0.2) is 0 Å². The molecule has 3 unspecified atom stereocenters. The highest BCUT2D eigenvalue weighted by molar-refractivity contribution is 5.73. The van der Waals surface area contributed by atoms with Crippen molar-refractivity contribution in [2.75, 3.05) is 39.3 Å². The van der Waals surface area contributed by atoms with E-state index in [1.54, 1.807) is 4.90 Å². The van der Waals surface area contributed by atoms with Gasteiger partial charge in [-0.3, -0.25) is 38.7 Å². The minimum atomic E-state index is -1.24. The van der Waals surface area contributed by atoms with E-state index in [0.717, 1.165) is 11.1 Å². The van der Waals surface area contributed by atoms with Gasteiger partial charge in [0.15, 0.2) is 0 Å². The van der Waals surface area contributed by atoms with Crippen LogP contribution in [0.4, 0.5) is 0 Å². The number of benzene rings is 1. The molecule has 1 saturated carbocycles. The summed E-state index contributed by atoms with van der Waals surface area (Å²) in [6, 6.07) is 5.83. The quantitative estimate of drug-likeness (QED) is 0.175. The Morgan fingerprint density at radius 3 is 1.50 bits per heavy atom. The fourth-order valence-electron chi connectivity index (χ4n) is 5.73. The van der Waals surface area contributed by atoms with Gasteiger partial charge in [0, 0.05) is 24.7 Å². The summed E-state index contributed by atoms with van der Waals surface area (Å²) >= 11 is 0. The van der Waals surface area contributed by atoms with Crippen molar-refractivity contribution in [3.8, 4) is 0 Å². The molecule has 5 N–H and O–H groups in total. The second kappa shape index (κ2) is 15.6. The lowest BCUT2D eigenvalue weighted by molar-refractivity contribution is -0.146. The van der Waals surface area contributed by atoms with E-state index in [2.05, 4.69) is 20.8 Å². The molecule has 0 aliphatic heterocycles. The lowest BCUT2D eigenvalue weighted by Crippen LogP contribution is -2.59. The van der Waals surface area contributed by atoms with Crippen LogP contribution in [-0.2, 0) is 35.8 Å². The second-order valence-electron chi connectivity index (χ2n) is 11.9. The van der Waals surface area contributed by atoms with E-state index in [1.165, 1.54) is 9.80 Å². The SMILES string of the molecule is CC(C)(C)c1ccc(CC(CN(CC(=O)O)C2CCCCC2N(CC(=O)O)CC(=O)O)N(CC(=O)O)CC(=O)O)cc1. The highest BCUT2D eigenvalue weighted by Gasteiger charge is 2.38. The van der Waals surface area contributed by atoms with Crippen LogP contribution in [0.1, 0.15) is 57.6 Å². The molecule has 13 heteroatoms. The van der Waals surface area contributed by atoms with Crippen molar-refractivity contribution in [3.05, 3.63) is 35.4 Å². The largest absolute Gasteiger partial charge is 0.480 e. The van der Waals surface area contributed by atoms with Crippen LogP contribution in [-0.4, -0.2) is 127 Å². The third-order valence-corrected chi connectivity index (χ3v) is 7.58. The molecule has 234 valence electrons. The molecule has 1 aromatic rings. The number of carbonyl (C=O) groups is 5. The molecular formula is C29H43N3O10. The van der Waals surface area contributed by atoms with Gasteiger partial charge in [0.25, 0.3) is 0 Å². The van der Waals surface area contributed by atoms with Crippen LogP contribution in [0.5, 0.6) is 0 Å². The average Bonchev–Trinajstić information content (AvgIpc) is 2.85. The second-order valence-corrected chi connectivity index (χ2v) is 11.9. The van der Waals surface area contributed by atoms with Crippen molar-refractivity contribution >= 4 is 29.8 Å². The molecule has 1 aliphatic rings. The first kappa shape index (κ1) is 34.7. The molecule has 1 aromatic carbocycles. The van der Waals surface area contributed by atoms with Crippen molar-refractivity contribution in [1.82, 2.24) is 14.7 Å². The van der Waals surface area contributed by atoms with Crippen molar-refractivity contribution in [3.63, 3.8) is 0 Å². The molecular weight excluding hydrogens is 550 g/mol. The summed E-state index contributed by atoms with van der Waals surface area (Å²) in [4.78, 5) is 63.0. The van der Waals surface area contributed by atoms with Gasteiger partial charge >= 0.3 is 29.8 Å². The Labute approximate surface area is 245 Å². The summed E-state index contributed by atoms with van der Waals surface area (Å²) in [5.74, 6) is -6.07. The van der Waals surface area contributed by atoms with Crippen molar-refractivity contribution in [2.24, 2.45) is 0 Å². The van der Waals surface area contributed by atoms with Gasteiger partial charge in [-0.1, -0.05) is 57.9 Å². The Morgan fingerprint density at radius 1 is 0.690 bits per heavy atom. The summed E-state index contributed by atoms with van der Waals surface area (Å²) in [6.07, 6.45) is 2.56. The number of nitrogens with zero attached hydrogens (tertiary/aromatic N) is 3. The smallest absolute Gasteiger partial charge is 0.317 e. The minimum Gasteiger partial charge on any atom is -0.480 e. The van der Waals surface area contributed by atoms with Crippen LogP contribution in [0.3, 0.4) is 0 Å². The van der Waals surface area contributed by atoms with E-state index in [1.807, 2.05) is 24.3 Å². The Morgan fingerprint density at radius 2 is 1.10 bits per heavy atom. The van der Waals surface area contributed by atoms with E-state index < -0.39 is 80.7 Å². The van der Waals surface area contributed by atoms with Gasteiger partial charge in [0.2, 0.25) is 0 Å². The zero-order valence-corrected chi connectivity index (χ0v) is 24.4. The molecule has 1 fully saturated rings. The van der Waals surface area contributed by atoms with E-state index in [-0.39, 0.29) is 18.4 Å². The third-order valence-electron chi connectivity index (χ3n) is 7.58. The monoisotopic (exact) mass is 593 g/mol. The fourth-order valence-corrected chi connectivity index (χ4v) is 5.73. The van der Waals surface area contributed by atoms with Crippen LogP contribution in [0.25, 0.3) is 0 Å². The molecule has 0 spiro atoms. The van der Waals surface area contributed by atoms with Crippen molar-refractivity contribution in [2.45, 2.75) is 76.4 Å². The van der Waals surface area contributed by atoms with Gasteiger partial charge in [-0.05, 0) is 35.8 Å². The molecule has 13 nitrogen and oxygen atoms in total. The first-order valence-corrected chi connectivity index (χ1v) is 14.0. The fraction of sp³-hybridized carbons (Fsp3) is 0.621. The summed E-state index contributed by atoms with van der Waals surface area (Å²) in [5, 5.41) is 47.9. The number of rotatable bonds is 17. The number of hydrogen-bond donors (Lipinski definition) is 5. The van der Waals surface area contributed by atoms with Gasteiger partial charge in [0.05, 0.1) is 32.7 Å². The number of carboxylic acid groups (broad SMARTS) is 5. The third kappa shape index (κ3) is 11.4. The number of hydrogen-bond acceptors (Lipinski definition) is 8. The topological polar surface area (TPSA) is 196 Å². The Bertz CT molecular complexity index is 1070. The van der Waals surface area contributed by atoms with Crippen LogP contribution >= 0.6 is 0 Å². The van der Waals surface area contributed by atoms with E-state index >= 15 is 0 Å². The van der Waals surface area contributed by atoms with Gasteiger partial charge < -0.3 is 25.5 Å². The lowest BCUT2D eigenvalue weighted by atomic mass is 9.86. The van der Waals surface area contributed by atoms with E-state index in [9.17, 15) is 49.5 Å². The summed E-state index contributed by atoms with van der Waals surface area (Å²) in [5.41, 5.74) is 1.77. The zero-order chi connectivity index (χ0) is 31.6. The molecule has 2 rings (SSSR count). The van der Waals surface area contributed by atoms with Gasteiger partial charge in [-0.15, -0.1) is 0 Å². The molecule has 0 saturated heterocycles. The molecule has 0 aromatic heterocycles. The number of carboxylic acids is 5. The van der Waals surface area contributed by atoms with Gasteiger partial charge in [0.1, 0.15) is 0 Å². The molecule has 0 heterocycles. The predicted molar refractivity (Wildman–Crippen MR) is 152 cm³/mol. The molecule has 42 heavy (non-hydrogen) atoms. The molecule has 0 bridgehead atoms. The van der Waals surface area contributed by atoms with Crippen LogP contribution in [0, 0.1) is 0 Å². The Balaban J connectivity index is 2.52. The molecule has 0 amide bonds. The highest BCUT2D eigenvalue weighted by Crippen LogP contribution is 2.29. The lowest BCUT2D eigenvalue weighted by Gasteiger charge is -2.45. The van der Waals surface area contributed by atoms with Crippen LogP contribution in [0.2, 0.25) is 0 Å². The number of aliphatic carboxylic acids is 5. The molecule has 1 aliphatic carbocycles. The molecule has 0 radical (unpaired) electrons. The Kier molecular flexibility index (Phi) is 12.9. The normalized spacial score (nSPS) is 18.2. The maximum Gasteiger partial charge on any atom is 0.317 e. The predicted octanol–water partition coefficient (Wildman–Crippen LogP) is 1.54. The highest BCUT2D eigenvalue weighted by atomic mass is 16.4. The summed E-state index contributed by atoms with van der Waals surface area (Å²) in [7, 11) is 0. The first-order chi connectivity index (χ1) is 19.6. The van der Waals surface area contributed by atoms with E-state index in [4.69, 9.17) is 0 Å². The van der Waals surface area contributed by atoms with E-state index in [0.29, 0.717) is 25.7 Å². The average molecular weight is 594 g/mol.